The molecule has 11 heavy (non-hydrogen) atoms. The molecule has 0 spiro atoms. The number of carbonyl (C=O) groups excluding carboxylic acids is 2. The number of aliphatic hydroxyl groups is 1. The van der Waals surface area contributed by atoms with Crippen molar-refractivity contribution in [3.05, 3.63) is 0 Å². The average Bonchev–Trinajstić information content (AvgIpc) is 2.03. The summed E-state index contributed by atoms with van der Waals surface area (Å²) < 4.78 is 0. The normalized spacial score (nSPS) is 8.91. The lowest BCUT2D eigenvalue weighted by Crippen LogP contribution is -2.38. The number of hydrogen-bond acceptors (Lipinski definition) is 3. The Hall–Kier alpha value is -1.10. The van der Waals surface area contributed by atoms with Gasteiger partial charge < -0.3 is 15.7 Å². The van der Waals surface area contributed by atoms with E-state index in [2.05, 4.69) is 10.6 Å². The lowest BCUT2D eigenvalue weighted by molar-refractivity contribution is -0.138. The van der Waals surface area contributed by atoms with Gasteiger partial charge in [-0.15, -0.1) is 0 Å². The zero-order chi connectivity index (χ0) is 8.69. The molecule has 0 aliphatic carbocycles. The van der Waals surface area contributed by atoms with Crippen molar-refractivity contribution in [3.63, 3.8) is 0 Å². The van der Waals surface area contributed by atoms with Crippen LogP contribution in [0, 0.1) is 0 Å². The fourth-order valence-electron chi connectivity index (χ4n) is 0.475. The Kier molecular flexibility index (Phi) is 5.10. The zero-order valence-corrected chi connectivity index (χ0v) is 6.39. The summed E-state index contributed by atoms with van der Waals surface area (Å²) in [5, 5.41) is 12.8. The van der Waals surface area contributed by atoms with Gasteiger partial charge in [0.05, 0.1) is 0 Å². The van der Waals surface area contributed by atoms with Crippen molar-refractivity contribution in [1.29, 1.82) is 0 Å². The first-order chi connectivity index (χ1) is 5.22. The highest BCUT2D eigenvalue weighted by Gasteiger charge is 2.08. The summed E-state index contributed by atoms with van der Waals surface area (Å²) in [4.78, 5) is 21.2. The maximum atomic E-state index is 10.6. The number of nitrogens with one attached hydrogen (secondary N) is 2. The van der Waals surface area contributed by atoms with E-state index in [1.807, 2.05) is 0 Å². The minimum atomic E-state index is -0.666. The monoisotopic (exact) mass is 160 g/mol. The molecule has 0 radical (unpaired) electrons. The number of hydrogen-bond donors (Lipinski definition) is 3. The van der Waals surface area contributed by atoms with E-state index >= 15 is 0 Å². The summed E-state index contributed by atoms with van der Waals surface area (Å²) in [5.41, 5.74) is 0. The fraction of sp³-hybridized carbons (Fsp3) is 0.667. The van der Waals surface area contributed by atoms with Crippen molar-refractivity contribution in [1.82, 2.24) is 10.6 Å². The van der Waals surface area contributed by atoms with Gasteiger partial charge in [-0.1, -0.05) is 0 Å². The van der Waals surface area contributed by atoms with Gasteiger partial charge in [-0.3, -0.25) is 9.59 Å². The second kappa shape index (κ2) is 5.67. The number of rotatable bonds is 3. The molecule has 0 unspecified atom stereocenters. The first-order valence-electron chi connectivity index (χ1n) is 3.33. The molecule has 0 saturated carbocycles. The van der Waals surface area contributed by atoms with Crippen LogP contribution in [-0.4, -0.2) is 37.1 Å². The Balaban J connectivity index is 3.44. The van der Waals surface area contributed by atoms with Gasteiger partial charge in [0.1, 0.15) is 0 Å². The number of carbonyl (C=O) groups is 2. The van der Waals surface area contributed by atoms with E-state index in [4.69, 9.17) is 5.11 Å². The van der Waals surface area contributed by atoms with Crippen molar-refractivity contribution in [2.45, 2.75) is 6.42 Å². The fourth-order valence-corrected chi connectivity index (χ4v) is 0.475. The van der Waals surface area contributed by atoms with Gasteiger partial charge >= 0.3 is 11.8 Å². The molecule has 0 heterocycles. The summed E-state index contributed by atoms with van der Waals surface area (Å²) in [7, 11) is 1.38. The van der Waals surface area contributed by atoms with E-state index in [0.717, 1.165) is 0 Å². The molecule has 64 valence electrons. The summed E-state index contributed by atoms with van der Waals surface area (Å²) in [5.74, 6) is -1.33. The van der Waals surface area contributed by atoms with Crippen LogP contribution in [0.25, 0.3) is 0 Å². The maximum absolute atomic E-state index is 10.6. The molecule has 0 aromatic heterocycles. The maximum Gasteiger partial charge on any atom is 0.309 e. The van der Waals surface area contributed by atoms with Gasteiger partial charge in [-0.25, -0.2) is 0 Å². The summed E-state index contributed by atoms with van der Waals surface area (Å²) >= 11 is 0. The molecule has 0 rings (SSSR count). The Bertz CT molecular complexity index is 147. The minimum absolute atomic E-state index is 0.00796. The zero-order valence-electron chi connectivity index (χ0n) is 6.39. The Morgan fingerprint density at radius 2 is 2.00 bits per heavy atom. The highest BCUT2D eigenvalue weighted by molar-refractivity contribution is 6.34. The molecule has 0 aromatic rings. The van der Waals surface area contributed by atoms with E-state index in [0.29, 0.717) is 13.0 Å². The molecular formula is C6H12N2O3. The molecule has 5 heteroatoms. The van der Waals surface area contributed by atoms with Gasteiger partial charge in [0.2, 0.25) is 0 Å². The van der Waals surface area contributed by atoms with Crippen molar-refractivity contribution in [3.8, 4) is 0 Å². The van der Waals surface area contributed by atoms with E-state index in [-0.39, 0.29) is 6.61 Å². The molecule has 0 atom stereocenters. The van der Waals surface area contributed by atoms with Crippen LogP contribution in [0.15, 0.2) is 0 Å². The van der Waals surface area contributed by atoms with Gasteiger partial charge in [-0.05, 0) is 6.42 Å². The molecule has 0 aliphatic heterocycles. The van der Waals surface area contributed by atoms with Crippen LogP contribution in [0.1, 0.15) is 6.42 Å². The van der Waals surface area contributed by atoms with Crippen molar-refractivity contribution in [2.24, 2.45) is 0 Å². The molecule has 3 N–H and O–H groups in total. The van der Waals surface area contributed by atoms with E-state index in [9.17, 15) is 9.59 Å². The highest BCUT2D eigenvalue weighted by atomic mass is 16.3. The van der Waals surface area contributed by atoms with Crippen molar-refractivity contribution in [2.75, 3.05) is 20.2 Å². The molecular weight excluding hydrogens is 148 g/mol. The van der Waals surface area contributed by atoms with E-state index in [1.165, 1.54) is 7.05 Å². The summed E-state index contributed by atoms with van der Waals surface area (Å²) in [6, 6.07) is 0. The third-order valence-corrected chi connectivity index (χ3v) is 1.05. The smallest absolute Gasteiger partial charge is 0.309 e. The van der Waals surface area contributed by atoms with Crippen LogP contribution in [0.4, 0.5) is 0 Å². The number of amides is 2. The first kappa shape index (κ1) is 9.90. The summed E-state index contributed by atoms with van der Waals surface area (Å²) in [6.07, 6.45) is 0.461. The predicted octanol–water partition coefficient (Wildman–Crippen LogP) is -1.77. The van der Waals surface area contributed by atoms with Crippen LogP contribution in [-0.2, 0) is 9.59 Å². The van der Waals surface area contributed by atoms with Gasteiger partial charge in [0.25, 0.3) is 0 Å². The Labute approximate surface area is 64.8 Å². The van der Waals surface area contributed by atoms with E-state index < -0.39 is 11.8 Å². The third kappa shape index (κ3) is 4.32. The largest absolute Gasteiger partial charge is 0.396 e. The van der Waals surface area contributed by atoms with Crippen LogP contribution >= 0.6 is 0 Å². The summed E-state index contributed by atoms with van der Waals surface area (Å²) in [6.45, 7) is 0.330. The van der Waals surface area contributed by atoms with Crippen LogP contribution < -0.4 is 10.6 Å². The first-order valence-corrected chi connectivity index (χ1v) is 3.33. The highest BCUT2D eigenvalue weighted by Crippen LogP contribution is 1.72. The quantitative estimate of drug-likeness (QED) is 0.338. The average molecular weight is 160 g/mol. The van der Waals surface area contributed by atoms with Gasteiger partial charge in [-0.2, -0.15) is 0 Å². The molecule has 2 amide bonds. The standard InChI is InChI=1S/C6H12N2O3/c1-7-5(10)6(11)8-3-2-4-9/h9H,2-4H2,1H3,(H,7,10)(H,8,11). The van der Waals surface area contributed by atoms with Crippen molar-refractivity contribution >= 4 is 11.8 Å². The lowest BCUT2D eigenvalue weighted by atomic mass is 10.4. The minimum Gasteiger partial charge on any atom is -0.396 e. The van der Waals surface area contributed by atoms with Gasteiger partial charge in [0, 0.05) is 20.2 Å². The third-order valence-electron chi connectivity index (χ3n) is 1.05. The molecule has 5 nitrogen and oxygen atoms in total. The second-order valence-electron chi connectivity index (χ2n) is 1.91. The molecule has 0 saturated heterocycles. The van der Waals surface area contributed by atoms with Gasteiger partial charge in [0.15, 0.2) is 0 Å². The van der Waals surface area contributed by atoms with E-state index in [1.54, 1.807) is 0 Å². The van der Waals surface area contributed by atoms with Crippen molar-refractivity contribution < 1.29 is 14.7 Å². The molecule has 0 aliphatic rings. The number of aliphatic hydroxyl groups excluding tert-OH is 1. The van der Waals surface area contributed by atoms with Crippen LogP contribution in [0.3, 0.4) is 0 Å². The SMILES string of the molecule is CNC(=O)C(=O)NCCCO. The molecule has 0 fully saturated rings. The molecule has 0 aromatic carbocycles. The van der Waals surface area contributed by atoms with Crippen LogP contribution in [0.2, 0.25) is 0 Å². The lowest BCUT2D eigenvalue weighted by Gasteiger charge is -2.00. The predicted molar refractivity (Wildman–Crippen MR) is 38.8 cm³/mol. The Morgan fingerprint density at radius 3 is 2.45 bits per heavy atom. The second-order valence-corrected chi connectivity index (χ2v) is 1.91. The topological polar surface area (TPSA) is 78.4 Å². The Morgan fingerprint density at radius 1 is 1.36 bits per heavy atom. The number of likely N-dealkylation sites (N-methyl/N-ethyl adjacent to an activating group) is 1. The van der Waals surface area contributed by atoms with Crippen LogP contribution in [0.5, 0.6) is 0 Å². The molecule has 0 bridgehead atoms.